The minimum atomic E-state index is -2.77. The normalized spacial score (nSPS) is 22.0. The van der Waals surface area contributed by atoms with Crippen LogP contribution in [0.5, 0.6) is 0 Å². The quantitative estimate of drug-likeness (QED) is 0.310. The van der Waals surface area contributed by atoms with Gasteiger partial charge in [0.1, 0.15) is 12.2 Å². The molecule has 3 rings (SSSR count). The van der Waals surface area contributed by atoms with Gasteiger partial charge in [-0.15, -0.1) is 6.58 Å². The van der Waals surface area contributed by atoms with Gasteiger partial charge in [-0.25, -0.2) is 0 Å². The average Bonchev–Trinajstić information content (AvgIpc) is 3.15. The zero-order valence-electron chi connectivity index (χ0n) is 22.8. The largest absolute Gasteiger partial charge is 0.402 e. The Kier molecular flexibility index (Phi) is 9.53. The van der Waals surface area contributed by atoms with Gasteiger partial charge in [0.2, 0.25) is 0 Å². The molecule has 2 aromatic rings. The van der Waals surface area contributed by atoms with Crippen LogP contribution in [-0.2, 0) is 13.9 Å². The van der Waals surface area contributed by atoms with Crippen LogP contribution in [0.15, 0.2) is 85.5 Å². The molecule has 0 radical (unpaired) electrons. The van der Waals surface area contributed by atoms with E-state index < -0.39 is 20.2 Å². The first-order valence-electron chi connectivity index (χ1n) is 13.2. The van der Waals surface area contributed by atoms with Crippen LogP contribution in [0.4, 0.5) is 0 Å². The molecule has 0 aromatic heterocycles. The second-order valence-electron chi connectivity index (χ2n) is 11.1. The first-order chi connectivity index (χ1) is 17.0. The minimum Gasteiger partial charge on any atom is -0.402 e. The Morgan fingerprint density at radius 3 is 2.06 bits per heavy atom. The van der Waals surface area contributed by atoms with Crippen molar-refractivity contribution in [3.05, 3.63) is 85.5 Å². The van der Waals surface area contributed by atoms with Crippen molar-refractivity contribution in [3.63, 3.8) is 0 Å². The zero-order chi connectivity index (χ0) is 26.4. The molecule has 36 heavy (non-hydrogen) atoms. The Hall–Kier alpha value is -2.02. The third-order valence-corrected chi connectivity index (χ3v) is 11.8. The summed E-state index contributed by atoms with van der Waals surface area (Å²) in [5, 5.41) is 12.6. The van der Waals surface area contributed by atoms with Crippen LogP contribution in [0.1, 0.15) is 60.8 Å². The number of benzene rings is 2. The van der Waals surface area contributed by atoms with Gasteiger partial charge in [0.25, 0.3) is 8.32 Å². The van der Waals surface area contributed by atoms with Gasteiger partial charge in [-0.05, 0) is 42.1 Å². The van der Waals surface area contributed by atoms with Crippen molar-refractivity contribution in [2.45, 2.75) is 96.0 Å². The number of hydrogen-bond acceptors (Lipinski definition) is 4. The number of hydrogen-bond donors (Lipinski definition) is 1. The van der Waals surface area contributed by atoms with Gasteiger partial charge in [0.15, 0.2) is 5.79 Å². The predicted octanol–water partition coefficient (Wildman–Crippen LogP) is 5.75. The van der Waals surface area contributed by atoms with Gasteiger partial charge in [-0.1, -0.05) is 113 Å². The molecule has 1 saturated heterocycles. The number of aliphatic hydroxyl groups is 1. The molecule has 4 atom stereocenters. The van der Waals surface area contributed by atoms with Crippen LogP contribution in [0.2, 0.25) is 5.04 Å². The molecule has 1 fully saturated rings. The van der Waals surface area contributed by atoms with Crippen LogP contribution in [-0.4, -0.2) is 43.6 Å². The SMILES string of the molecule is C=CC[C@@H](O)/C=C/[C@@H]1OC(C)(C)O[C@@H]1[C@@H](CCC)O[Si](c1ccccc1)(c1ccccc1)C(C)(C)C. The van der Waals surface area contributed by atoms with Gasteiger partial charge in [-0.3, -0.25) is 0 Å². The lowest BCUT2D eigenvalue weighted by molar-refractivity contribution is -0.152. The second-order valence-corrected chi connectivity index (χ2v) is 15.4. The van der Waals surface area contributed by atoms with E-state index in [-0.39, 0.29) is 23.4 Å². The highest BCUT2D eigenvalue weighted by atomic mass is 28.4. The summed E-state index contributed by atoms with van der Waals surface area (Å²) in [6.07, 6.45) is 6.33. The Morgan fingerprint density at radius 2 is 1.58 bits per heavy atom. The van der Waals surface area contributed by atoms with Crippen LogP contribution in [0.25, 0.3) is 0 Å². The molecule has 1 heterocycles. The summed E-state index contributed by atoms with van der Waals surface area (Å²) >= 11 is 0. The Balaban J connectivity index is 2.10. The molecular weight excluding hydrogens is 464 g/mol. The molecule has 0 saturated carbocycles. The van der Waals surface area contributed by atoms with Crippen molar-refractivity contribution < 1.29 is 19.0 Å². The molecule has 1 aliphatic heterocycles. The van der Waals surface area contributed by atoms with Crippen molar-refractivity contribution in [2.75, 3.05) is 0 Å². The highest BCUT2D eigenvalue weighted by molar-refractivity contribution is 6.99. The van der Waals surface area contributed by atoms with E-state index >= 15 is 0 Å². The maximum atomic E-state index is 10.3. The van der Waals surface area contributed by atoms with Gasteiger partial charge < -0.3 is 19.0 Å². The molecule has 0 amide bonds. The number of ether oxygens (including phenoxy) is 2. The number of rotatable bonds is 11. The average molecular weight is 509 g/mol. The minimum absolute atomic E-state index is 0.137. The molecule has 2 aromatic carbocycles. The fraction of sp³-hybridized carbons (Fsp3) is 0.484. The van der Waals surface area contributed by atoms with Crippen molar-refractivity contribution >= 4 is 18.7 Å². The summed E-state index contributed by atoms with van der Waals surface area (Å²) < 4.78 is 20.3. The fourth-order valence-corrected chi connectivity index (χ4v) is 9.95. The monoisotopic (exact) mass is 508 g/mol. The summed E-state index contributed by atoms with van der Waals surface area (Å²) in [6.45, 7) is 16.7. The first-order valence-corrected chi connectivity index (χ1v) is 15.1. The Bertz CT molecular complexity index is 941. The lowest BCUT2D eigenvalue weighted by Crippen LogP contribution is -2.68. The van der Waals surface area contributed by atoms with E-state index in [2.05, 4.69) is 94.9 Å². The van der Waals surface area contributed by atoms with Crippen LogP contribution >= 0.6 is 0 Å². The summed E-state index contributed by atoms with van der Waals surface area (Å²) in [4.78, 5) is 0. The molecule has 0 spiro atoms. The Labute approximate surface area is 219 Å². The molecule has 5 heteroatoms. The van der Waals surface area contributed by atoms with E-state index in [4.69, 9.17) is 13.9 Å². The summed E-state index contributed by atoms with van der Waals surface area (Å²) in [7, 11) is -2.77. The van der Waals surface area contributed by atoms with Crippen LogP contribution in [0, 0.1) is 0 Å². The molecule has 1 aliphatic rings. The van der Waals surface area contributed by atoms with Crippen molar-refractivity contribution in [1.29, 1.82) is 0 Å². The third kappa shape index (κ3) is 6.45. The van der Waals surface area contributed by atoms with E-state index in [0.717, 1.165) is 12.8 Å². The van der Waals surface area contributed by atoms with Crippen molar-refractivity contribution in [3.8, 4) is 0 Å². The summed E-state index contributed by atoms with van der Waals surface area (Å²) in [6, 6.07) is 21.4. The van der Waals surface area contributed by atoms with E-state index in [1.165, 1.54) is 10.4 Å². The molecule has 4 nitrogen and oxygen atoms in total. The van der Waals surface area contributed by atoms with Crippen molar-refractivity contribution in [2.24, 2.45) is 0 Å². The van der Waals surface area contributed by atoms with Gasteiger partial charge >= 0.3 is 0 Å². The maximum Gasteiger partial charge on any atom is 0.261 e. The molecule has 0 bridgehead atoms. The van der Waals surface area contributed by atoms with Crippen LogP contribution < -0.4 is 10.4 Å². The van der Waals surface area contributed by atoms with Crippen molar-refractivity contribution in [1.82, 2.24) is 0 Å². The molecule has 0 unspecified atom stereocenters. The molecule has 1 N–H and O–H groups in total. The Morgan fingerprint density at radius 1 is 1.03 bits per heavy atom. The predicted molar refractivity (Wildman–Crippen MR) is 151 cm³/mol. The summed E-state index contributed by atoms with van der Waals surface area (Å²) in [5.41, 5.74) is 0. The molecular formula is C31H44O4Si. The van der Waals surface area contributed by atoms with E-state index in [1.807, 2.05) is 19.9 Å². The topological polar surface area (TPSA) is 47.9 Å². The highest BCUT2D eigenvalue weighted by Gasteiger charge is 2.54. The molecule has 196 valence electrons. The molecule has 0 aliphatic carbocycles. The smallest absolute Gasteiger partial charge is 0.261 e. The van der Waals surface area contributed by atoms with E-state index in [1.54, 1.807) is 12.2 Å². The third-order valence-electron chi connectivity index (χ3n) is 6.78. The van der Waals surface area contributed by atoms with Gasteiger partial charge in [0, 0.05) is 0 Å². The maximum absolute atomic E-state index is 10.3. The fourth-order valence-electron chi connectivity index (χ4n) is 5.23. The summed E-state index contributed by atoms with van der Waals surface area (Å²) in [5.74, 6) is -0.746. The van der Waals surface area contributed by atoms with E-state index in [0.29, 0.717) is 6.42 Å². The van der Waals surface area contributed by atoms with Crippen LogP contribution in [0.3, 0.4) is 0 Å². The van der Waals surface area contributed by atoms with Gasteiger partial charge in [-0.2, -0.15) is 0 Å². The lowest BCUT2D eigenvalue weighted by Gasteiger charge is -2.46. The number of aliphatic hydroxyl groups excluding tert-OH is 1. The standard InChI is InChI=1S/C31H44O4Si/c1-8-16-24(32)22-23-27-29(34-31(6,7)33-27)28(17-9-2)35-36(30(3,4)5,25-18-12-10-13-19-25)26-20-14-11-15-21-26/h8,10-15,18-24,27-29,32H,1,9,16-17H2,2-7H3/b23-22+/t24-,27+,28-,29+/m1/s1. The zero-order valence-corrected chi connectivity index (χ0v) is 23.8. The lowest BCUT2D eigenvalue weighted by atomic mass is 10.0. The second kappa shape index (κ2) is 12.0. The highest BCUT2D eigenvalue weighted by Crippen LogP contribution is 2.41. The van der Waals surface area contributed by atoms with Gasteiger partial charge in [0.05, 0.1) is 12.2 Å². The first kappa shape index (κ1) is 28.5. The van der Waals surface area contributed by atoms with E-state index in [9.17, 15) is 5.11 Å².